The lowest BCUT2D eigenvalue weighted by atomic mass is 10.2. The van der Waals surface area contributed by atoms with Crippen molar-refractivity contribution in [1.29, 1.82) is 0 Å². The molecule has 0 atom stereocenters. The molecule has 1 aromatic rings. The van der Waals surface area contributed by atoms with E-state index in [0.29, 0.717) is 25.8 Å². The fraction of sp³-hybridized carbons (Fsp3) is 0.833. The number of nitrogens with zero attached hydrogens (tertiary/aromatic N) is 2. The lowest BCUT2D eigenvalue weighted by molar-refractivity contribution is 0.392. The van der Waals surface area contributed by atoms with E-state index in [1.807, 2.05) is 6.92 Å². The van der Waals surface area contributed by atoms with Crippen LogP contribution in [0.3, 0.4) is 0 Å². The molecule has 0 saturated heterocycles. The van der Waals surface area contributed by atoms with Crippen LogP contribution in [0.25, 0.3) is 0 Å². The maximum absolute atomic E-state index is 11.5. The summed E-state index contributed by atoms with van der Waals surface area (Å²) in [5.41, 5.74) is 0. The molecule has 0 aliphatic rings. The molecule has 0 fully saturated rings. The quantitative estimate of drug-likeness (QED) is 0.587. The van der Waals surface area contributed by atoms with Crippen LogP contribution in [0.2, 0.25) is 0 Å². The Labute approximate surface area is 131 Å². The minimum atomic E-state index is -3.46. The number of sulfonamides is 1. The van der Waals surface area contributed by atoms with E-state index in [1.54, 1.807) is 0 Å². The van der Waals surface area contributed by atoms with Crippen molar-refractivity contribution in [2.24, 2.45) is 0 Å². The fourth-order valence-corrected chi connectivity index (χ4v) is 3.41. The van der Waals surface area contributed by atoms with E-state index in [4.69, 9.17) is 4.42 Å². The summed E-state index contributed by atoms with van der Waals surface area (Å²) in [6, 6.07) is 0. The number of hydrogen-bond acceptors (Lipinski definition) is 7. The summed E-state index contributed by atoms with van der Waals surface area (Å²) in [4.78, 5) is 0. The standard InChI is InChI=1S/C12H23N3O5S2/c1-3-4-10-22(18,19)13-9-7-5-6-8-11-14-15-12(20-11)21(2,16)17/h13H,3-10H2,1-2H3. The molecular weight excluding hydrogens is 330 g/mol. The van der Waals surface area contributed by atoms with Gasteiger partial charge in [0.05, 0.1) is 5.75 Å². The van der Waals surface area contributed by atoms with Crippen LogP contribution in [0.1, 0.15) is 44.9 Å². The maximum atomic E-state index is 11.5. The van der Waals surface area contributed by atoms with E-state index in [0.717, 1.165) is 25.5 Å². The lowest BCUT2D eigenvalue weighted by Gasteiger charge is -2.05. The minimum Gasteiger partial charge on any atom is -0.413 e. The molecule has 1 aromatic heterocycles. The van der Waals surface area contributed by atoms with Gasteiger partial charge in [-0.05, 0) is 19.3 Å². The third-order valence-corrected chi connectivity index (χ3v) is 5.19. The van der Waals surface area contributed by atoms with E-state index in [-0.39, 0.29) is 16.9 Å². The predicted molar refractivity (Wildman–Crippen MR) is 81.7 cm³/mol. The van der Waals surface area contributed by atoms with E-state index in [1.165, 1.54) is 0 Å². The summed E-state index contributed by atoms with van der Waals surface area (Å²) < 4.78 is 53.0. The van der Waals surface area contributed by atoms with Gasteiger partial charge in [-0.1, -0.05) is 24.9 Å². The van der Waals surface area contributed by atoms with Gasteiger partial charge in [-0.2, -0.15) is 0 Å². The molecule has 128 valence electrons. The molecule has 0 aliphatic heterocycles. The van der Waals surface area contributed by atoms with Gasteiger partial charge in [0.25, 0.3) is 0 Å². The van der Waals surface area contributed by atoms with Crippen LogP contribution in [-0.4, -0.2) is 45.6 Å². The van der Waals surface area contributed by atoms with Gasteiger partial charge in [0.2, 0.25) is 25.8 Å². The van der Waals surface area contributed by atoms with Gasteiger partial charge >= 0.3 is 5.22 Å². The smallest absolute Gasteiger partial charge is 0.335 e. The molecule has 22 heavy (non-hydrogen) atoms. The summed E-state index contributed by atoms with van der Waals surface area (Å²) in [6.07, 6.45) is 5.21. The highest BCUT2D eigenvalue weighted by Crippen LogP contribution is 2.09. The highest BCUT2D eigenvalue weighted by atomic mass is 32.2. The Bertz CT molecular complexity index is 652. The lowest BCUT2D eigenvalue weighted by Crippen LogP contribution is -2.27. The van der Waals surface area contributed by atoms with Crippen molar-refractivity contribution >= 4 is 19.9 Å². The van der Waals surface area contributed by atoms with Crippen LogP contribution in [0.15, 0.2) is 9.64 Å². The minimum absolute atomic E-state index is 0.166. The predicted octanol–water partition coefficient (Wildman–Crippen LogP) is 0.905. The van der Waals surface area contributed by atoms with Gasteiger partial charge < -0.3 is 4.42 Å². The van der Waals surface area contributed by atoms with E-state index < -0.39 is 19.9 Å². The summed E-state index contributed by atoms with van der Waals surface area (Å²) >= 11 is 0. The van der Waals surface area contributed by atoms with Gasteiger partial charge in [-0.15, -0.1) is 5.10 Å². The molecule has 1 N–H and O–H groups in total. The molecule has 8 nitrogen and oxygen atoms in total. The zero-order chi connectivity index (χ0) is 16.6. The Morgan fingerprint density at radius 3 is 2.36 bits per heavy atom. The number of aromatic nitrogens is 2. The third-order valence-electron chi connectivity index (χ3n) is 2.92. The van der Waals surface area contributed by atoms with E-state index >= 15 is 0 Å². The van der Waals surface area contributed by atoms with Crippen LogP contribution >= 0.6 is 0 Å². The van der Waals surface area contributed by atoms with Crippen LogP contribution in [0.4, 0.5) is 0 Å². The van der Waals surface area contributed by atoms with Crippen molar-refractivity contribution in [2.75, 3.05) is 18.6 Å². The molecule has 1 heterocycles. The van der Waals surface area contributed by atoms with Gasteiger partial charge in [-0.3, -0.25) is 0 Å². The highest BCUT2D eigenvalue weighted by Gasteiger charge is 2.16. The second-order valence-electron chi connectivity index (χ2n) is 5.11. The van der Waals surface area contributed by atoms with Crippen LogP contribution in [0.5, 0.6) is 0 Å². The summed E-state index contributed by atoms with van der Waals surface area (Å²) in [5.74, 6) is 0.448. The zero-order valence-corrected chi connectivity index (χ0v) is 14.5. The Kier molecular flexibility index (Phi) is 7.43. The normalized spacial score (nSPS) is 12.6. The maximum Gasteiger partial charge on any atom is 0.335 e. The van der Waals surface area contributed by atoms with Crippen molar-refractivity contribution in [2.45, 2.75) is 50.7 Å². The van der Waals surface area contributed by atoms with Crippen molar-refractivity contribution < 1.29 is 21.3 Å². The fourth-order valence-electron chi connectivity index (χ4n) is 1.70. The van der Waals surface area contributed by atoms with Crippen molar-refractivity contribution in [3.05, 3.63) is 5.89 Å². The van der Waals surface area contributed by atoms with Crippen LogP contribution in [0, 0.1) is 0 Å². The van der Waals surface area contributed by atoms with Crippen LogP contribution in [-0.2, 0) is 26.3 Å². The SMILES string of the molecule is CCCCS(=O)(=O)NCCCCCc1nnc(S(C)(=O)=O)o1. The monoisotopic (exact) mass is 353 g/mol. The first-order valence-corrected chi connectivity index (χ1v) is 10.8. The zero-order valence-electron chi connectivity index (χ0n) is 12.9. The number of aryl methyl sites for hydroxylation is 1. The number of sulfone groups is 1. The second kappa shape index (κ2) is 8.59. The molecule has 1 rings (SSSR count). The number of unbranched alkanes of at least 4 members (excludes halogenated alkanes) is 3. The molecule has 0 amide bonds. The number of nitrogens with one attached hydrogen (secondary N) is 1. The Hall–Kier alpha value is -1.00. The van der Waals surface area contributed by atoms with Gasteiger partial charge in [0.1, 0.15) is 0 Å². The molecule has 0 unspecified atom stereocenters. The topological polar surface area (TPSA) is 119 Å². The first-order valence-electron chi connectivity index (χ1n) is 7.24. The van der Waals surface area contributed by atoms with Crippen molar-refractivity contribution in [3.8, 4) is 0 Å². The van der Waals surface area contributed by atoms with Gasteiger partial charge in [-0.25, -0.2) is 21.6 Å². The third kappa shape index (κ3) is 7.32. The first kappa shape index (κ1) is 19.0. The summed E-state index contributed by atoms with van der Waals surface area (Å²) in [7, 11) is -6.62. The van der Waals surface area contributed by atoms with Gasteiger partial charge in [0, 0.05) is 19.2 Å². The molecule has 0 aliphatic carbocycles. The molecule has 0 aromatic carbocycles. The molecule has 0 saturated carbocycles. The van der Waals surface area contributed by atoms with E-state index in [9.17, 15) is 16.8 Å². The number of rotatable bonds is 11. The number of hydrogen-bond donors (Lipinski definition) is 1. The second-order valence-corrected chi connectivity index (χ2v) is 8.93. The van der Waals surface area contributed by atoms with Gasteiger partial charge in [0.15, 0.2) is 0 Å². The molecule has 0 spiro atoms. The summed E-state index contributed by atoms with van der Waals surface area (Å²) in [6.45, 7) is 2.35. The molecular formula is C12H23N3O5S2. The molecule has 0 radical (unpaired) electrons. The summed E-state index contributed by atoms with van der Waals surface area (Å²) in [5, 5.41) is 6.76. The highest BCUT2D eigenvalue weighted by molar-refractivity contribution is 7.90. The van der Waals surface area contributed by atoms with Crippen molar-refractivity contribution in [3.63, 3.8) is 0 Å². The average Bonchev–Trinajstić information content (AvgIpc) is 2.89. The largest absolute Gasteiger partial charge is 0.413 e. The van der Waals surface area contributed by atoms with Crippen LogP contribution < -0.4 is 4.72 Å². The Morgan fingerprint density at radius 1 is 1.05 bits per heavy atom. The van der Waals surface area contributed by atoms with Crippen molar-refractivity contribution in [1.82, 2.24) is 14.9 Å². The first-order chi connectivity index (χ1) is 10.2. The average molecular weight is 353 g/mol. The molecule has 10 heteroatoms. The van der Waals surface area contributed by atoms with E-state index in [2.05, 4.69) is 14.9 Å². The molecule has 0 bridgehead atoms. The Morgan fingerprint density at radius 2 is 1.77 bits per heavy atom. The Balaban J connectivity index is 2.20.